The Morgan fingerprint density at radius 3 is 2.26 bits per heavy atom. The van der Waals surface area contributed by atoms with Crippen LogP contribution in [0.15, 0.2) is 150 Å². The van der Waals surface area contributed by atoms with Gasteiger partial charge >= 0.3 is 0 Å². The maximum absolute atomic E-state index is 6.67. The summed E-state index contributed by atoms with van der Waals surface area (Å²) in [5, 5.41) is 7.74. The quantitative estimate of drug-likeness (QED) is 0.175. The number of fused-ring (bicyclic) bond motifs is 9. The molecule has 0 spiro atoms. The number of nitrogens with zero attached hydrogens (tertiary/aromatic N) is 1. The van der Waals surface area contributed by atoms with E-state index in [9.17, 15) is 0 Å². The molecule has 0 N–H and O–H groups in total. The van der Waals surface area contributed by atoms with Gasteiger partial charge in [-0.1, -0.05) is 135 Å². The molecule has 0 saturated heterocycles. The van der Waals surface area contributed by atoms with Gasteiger partial charge in [-0.05, 0) is 92.3 Å². The molecule has 7 aromatic carbocycles. The van der Waals surface area contributed by atoms with E-state index >= 15 is 0 Å². The average Bonchev–Trinajstić information content (AvgIpc) is 3.64. The fourth-order valence-corrected chi connectivity index (χ4v) is 11.6. The molecule has 240 valence electrons. The van der Waals surface area contributed by atoms with Crippen LogP contribution in [0.1, 0.15) is 18.1 Å². The van der Waals surface area contributed by atoms with E-state index in [1.54, 1.807) is 0 Å². The fraction of sp³-hybridized carbons (Fsp3) is 0.106. The van der Waals surface area contributed by atoms with Gasteiger partial charge in [0.1, 0.15) is 19.2 Å². The number of benzene rings is 7. The summed E-state index contributed by atoms with van der Waals surface area (Å²) >= 11 is 0. The molecule has 1 aliphatic carbocycles. The molecule has 10 rings (SSSR count). The van der Waals surface area contributed by atoms with Crippen LogP contribution in [0.3, 0.4) is 0 Å². The highest BCUT2D eigenvalue weighted by Crippen LogP contribution is 2.44. The van der Waals surface area contributed by atoms with Crippen LogP contribution in [0, 0.1) is 5.92 Å². The van der Waals surface area contributed by atoms with Crippen molar-refractivity contribution in [3.05, 3.63) is 157 Å². The van der Waals surface area contributed by atoms with Crippen LogP contribution in [0.2, 0.25) is 13.1 Å². The number of anilines is 3. The molecule has 2 nitrogen and oxygen atoms in total. The van der Waals surface area contributed by atoms with Crippen molar-refractivity contribution < 1.29 is 4.42 Å². The van der Waals surface area contributed by atoms with Gasteiger partial charge < -0.3 is 9.32 Å². The van der Waals surface area contributed by atoms with Gasteiger partial charge in [-0.3, -0.25) is 0 Å². The Balaban J connectivity index is 1.15. The largest absolute Gasteiger partial charge is 0.455 e. The second-order valence-electron chi connectivity index (χ2n) is 14.7. The molecule has 1 aliphatic heterocycles. The third-order valence-electron chi connectivity index (χ3n) is 11.2. The second-order valence-corrected chi connectivity index (χ2v) is 19.0. The molecule has 2 aliphatic rings. The van der Waals surface area contributed by atoms with Gasteiger partial charge in [0.25, 0.3) is 0 Å². The first-order chi connectivity index (χ1) is 24.4. The summed E-state index contributed by atoms with van der Waals surface area (Å²) in [7, 11) is -1.95. The molecule has 1 unspecified atom stereocenters. The predicted molar refractivity (Wildman–Crippen MR) is 215 cm³/mol. The van der Waals surface area contributed by atoms with Gasteiger partial charge in [0.15, 0.2) is 0 Å². The molecule has 0 fully saturated rings. The van der Waals surface area contributed by atoms with E-state index in [0.29, 0.717) is 5.92 Å². The highest BCUT2D eigenvalue weighted by molar-refractivity contribution is 7.04. The second kappa shape index (κ2) is 10.9. The summed E-state index contributed by atoms with van der Waals surface area (Å²) in [6.45, 7) is 7.25. The highest BCUT2D eigenvalue weighted by atomic mass is 28.3. The summed E-state index contributed by atoms with van der Waals surface area (Å²) in [6.07, 6.45) is 5.68. The van der Waals surface area contributed by atoms with Gasteiger partial charge in [0.2, 0.25) is 0 Å². The van der Waals surface area contributed by atoms with E-state index in [0.717, 1.165) is 29.0 Å². The van der Waals surface area contributed by atoms with Crippen molar-refractivity contribution in [3.8, 4) is 22.3 Å². The van der Waals surface area contributed by atoms with Crippen molar-refractivity contribution in [2.75, 3.05) is 4.90 Å². The summed E-state index contributed by atoms with van der Waals surface area (Å²) < 4.78 is 6.67. The first-order valence-corrected chi connectivity index (χ1v) is 20.7. The fourth-order valence-electron chi connectivity index (χ4n) is 8.59. The molecule has 1 atom stereocenters. The molecule has 0 radical (unpaired) electrons. The first-order valence-electron chi connectivity index (χ1n) is 17.7. The van der Waals surface area contributed by atoms with Crippen LogP contribution in [0.4, 0.5) is 17.1 Å². The summed E-state index contributed by atoms with van der Waals surface area (Å²) in [5.74, 6) is 0.574. The Bertz CT molecular complexity index is 2670. The van der Waals surface area contributed by atoms with E-state index < -0.39 is 8.07 Å². The molecule has 8 aromatic rings. The van der Waals surface area contributed by atoms with Gasteiger partial charge in [-0.25, -0.2) is 0 Å². The third-order valence-corrected chi connectivity index (χ3v) is 14.7. The van der Waals surface area contributed by atoms with Gasteiger partial charge in [0, 0.05) is 33.1 Å². The molecule has 0 amide bonds. The van der Waals surface area contributed by atoms with E-state index in [1.165, 1.54) is 71.0 Å². The molecule has 0 bridgehead atoms. The minimum atomic E-state index is -1.95. The zero-order chi connectivity index (χ0) is 33.6. The Hall–Kier alpha value is -5.64. The number of hydrogen-bond acceptors (Lipinski definition) is 2. The van der Waals surface area contributed by atoms with Crippen molar-refractivity contribution >= 4 is 74.3 Å². The lowest BCUT2D eigenvalue weighted by Crippen LogP contribution is -2.49. The van der Waals surface area contributed by atoms with E-state index in [-0.39, 0.29) is 0 Å². The lowest BCUT2D eigenvalue weighted by molar-refractivity contribution is 0.670. The summed E-state index contributed by atoms with van der Waals surface area (Å²) in [6, 6.07) is 51.7. The summed E-state index contributed by atoms with van der Waals surface area (Å²) in [5.41, 5.74) is 13.3. The van der Waals surface area contributed by atoms with Crippen LogP contribution in [-0.2, 0) is 6.42 Å². The molecule has 2 heterocycles. The molecule has 1 aromatic heterocycles. The highest BCUT2D eigenvalue weighted by Gasteiger charge is 2.40. The molecule has 0 saturated carbocycles. The van der Waals surface area contributed by atoms with Crippen molar-refractivity contribution in [1.82, 2.24) is 0 Å². The third kappa shape index (κ3) is 4.40. The van der Waals surface area contributed by atoms with Crippen molar-refractivity contribution in [1.29, 1.82) is 0 Å². The minimum Gasteiger partial charge on any atom is -0.455 e. The lowest BCUT2D eigenvalue weighted by atomic mass is 9.88. The van der Waals surface area contributed by atoms with Crippen LogP contribution >= 0.6 is 0 Å². The Morgan fingerprint density at radius 2 is 1.38 bits per heavy atom. The molecular formula is C47H37NOSi. The van der Waals surface area contributed by atoms with E-state index in [1.807, 2.05) is 0 Å². The van der Waals surface area contributed by atoms with Gasteiger partial charge in [-0.2, -0.15) is 0 Å². The van der Waals surface area contributed by atoms with Crippen molar-refractivity contribution in [2.24, 2.45) is 5.92 Å². The molecular weight excluding hydrogens is 623 g/mol. The number of allylic oxidation sites excluding steroid dienone is 1. The normalized spacial score (nSPS) is 15.7. The standard InChI is InChI=1S/C47H37NOSi/c1-30-15-16-32-17-18-34(28-35(32)27-30)31-19-21-36(22-20-31)48(42-13-8-10-33-9-4-5-11-38(33)42)37-23-25-44-41(29-37)46-45(50(44,2)3)26-24-40-39-12-6-7-14-43(39)49-47(40)46/h4-26,28-30H,27H2,1-3H3. The van der Waals surface area contributed by atoms with Crippen molar-refractivity contribution in [3.63, 3.8) is 0 Å². The maximum atomic E-state index is 6.67. The van der Waals surface area contributed by atoms with Crippen LogP contribution < -0.4 is 15.3 Å². The van der Waals surface area contributed by atoms with Crippen LogP contribution in [0.25, 0.3) is 61.0 Å². The molecule has 50 heavy (non-hydrogen) atoms. The lowest BCUT2D eigenvalue weighted by Gasteiger charge is -2.28. The summed E-state index contributed by atoms with van der Waals surface area (Å²) in [4.78, 5) is 2.44. The monoisotopic (exact) mass is 659 g/mol. The number of furan rings is 1. The van der Waals surface area contributed by atoms with Crippen molar-refractivity contribution in [2.45, 2.75) is 26.4 Å². The van der Waals surface area contributed by atoms with E-state index in [4.69, 9.17) is 4.42 Å². The van der Waals surface area contributed by atoms with Crippen LogP contribution in [-0.4, -0.2) is 8.07 Å². The Labute approximate surface area is 293 Å². The predicted octanol–water partition coefficient (Wildman–Crippen LogP) is 11.9. The average molecular weight is 660 g/mol. The van der Waals surface area contributed by atoms with E-state index in [2.05, 4.69) is 177 Å². The number of hydrogen-bond donors (Lipinski definition) is 0. The Morgan fingerprint density at radius 1 is 0.640 bits per heavy atom. The maximum Gasteiger partial charge on any atom is 0.143 e. The molecule has 3 heteroatoms. The minimum absolute atomic E-state index is 0.574. The van der Waals surface area contributed by atoms with Gasteiger partial charge in [0.05, 0.1) is 5.69 Å². The topological polar surface area (TPSA) is 16.4 Å². The van der Waals surface area contributed by atoms with Gasteiger partial charge in [-0.15, -0.1) is 0 Å². The smallest absolute Gasteiger partial charge is 0.143 e. The zero-order valence-corrected chi connectivity index (χ0v) is 29.6. The van der Waals surface area contributed by atoms with Crippen LogP contribution in [0.5, 0.6) is 0 Å². The first kappa shape index (κ1) is 29.3. The zero-order valence-electron chi connectivity index (χ0n) is 28.6. The number of rotatable bonds is 4. The SMILES string of the molecule is CC1C=Cc2ccc(-c3ccc(N(c4ccc5c(c4)-c4c(ccc6c4oc4ccccc46)[Si]5(C)C)c4cccc5ccccc45)cc3)cc2C1. The Kier molecular flexibility index (Phi) is 6.40. The number of para-hydroxylation sites is 1.